The molecule has 200 valence electrons. The van der Waals surface area contributed by atoms with Crippen LogP contribution in [0.1, 0.15) is 57.2 Å². The molecule has 3 atom stereocenters. The molecule has 4 rings (SSSR count). The number of carbonyl (C=O) groups is 1. The summed E-state index contributed by atoms with van der Waals surface area (Å²) in [6.45, 7) is 8.75. The Labute approximate surface area is 215 Å². The second-order valence-corrected chi connectivity index (χ2v) is 10.4. The zero-order valence-electron chi connectivity index (χ0n) is 21.9. The Morgan fingerprint density at radius 1 is 1.19 bits per heavy atom. The molecule has 0 saturated heterocycles. The quantitative estimate of drug-likeness (QED) is 0.332. The number of alkyl halides is 3. The number of nitrogens with zero attached hydrogens (tertiary/aromatic N) is 2. The summed E-state index contributed by atoms with van der Waals surface area (Å²) in [5.74, 6) is 1.51. The Bertz CT molecular complexity index is 1250. The van der Waals surface area contributed by atoms with E-state index in [1.54, 1.807) is 12.1 Å². The van der Waals surface area contributed by atoms with Crippen molar-refractivity contribution in [3.63, 3.8) is 0 Å². The summed E-state index contributed by atoms with van der Waals surface area (Å²) in [6.07, 6.45) is -1.29. The second-order valence-electron chi connectivity index (χ2n) is 10.4. The third-order valence-corrected chi connectivity index (χ3v) is 7.37. The zero-order valence-corrected chi connectivity index (χ0v) is 21.9. The Morgan fingerprint density at radius 2 is 1.89 bits per heavy atom. The van der Waals surface area contributed by atoms with Crippen molar-refractivity contribution in [3.05, 3.63) is 47.5 Å². The molecule has 1 aliphatic rings. The van der Waals surface area contributed by atoms with Crippen molar-refractivity contribution in [2.45, 2.75) is 65.8 Å². The number of nitrogens with one attached hydrogen (secondary N) is 1. The Kier molecular flexibility index (Phi) is 7.71. The van der Waals surface area contributed by atoms with Crippen LogP contribution in [0, 0.1) is 24.7 Å². The van der Waals surface area contributed by atoms with Gasteiger partial charge in [-0.05, 0) is 85.0 Å². The van der Waals surface area contributed by atoms with Gasteiger partial charge in [0.1, 0.15) is 5.75 Å². The molecular weight excluding hydrogens is 483 g/mol. The maximum atomic E-state index is 12.6. The number of aromatic nitrogens is 2. The molecule has 37 heavy (non-hydrogen) atoms. The maximum Gasteiger partial charge on any atom is 0.573 e. The predicted octanol–water partition coefficient (Wildman–Crippen LogP) is 7.34. The van der Waals surface area contributed by atoms with Crippen molar-refractivity contribution in [1.82, 2.24) is 9.55 Å². The van der Waals surface area contributed by atoms with Gasteiger partial charge in [0.25, 0.3) is 0 Å². The van der Waals surface area contributed by atoms with Gasteiger partial charge < -0.3 is 19.4 Å². The van der Waals surface area contributed by atoms with E-state index >= 15 is 0 Å². The number of aryl methyl sites for hydroxylation is 1. The van der Waals surface area contributed by atoms with E-state index in [4.69, 9.17) is 9.72 Å². The van der Waals surface area contributed by atoms with Crippen molar-refractivity contribution >= 4 is 28.6 Å². The molecule has 0 spiro atoms. The smallest absolute Gasteiger partial charge is 0.469 e. The van der Waals surface area contributed by atoms with E-state index in [0.717, 1.165) is 35.0 Å². The normalized spacial score (nSPS) is 20.3. The van der Waals surface area contributed by atoms with Crippen LogP contribution in [0.3, 0.4) is 0 Å². The van der Waals surface area contributed by atoms with E-state index < -0.39 is 6.36 Å². The Hall–Kier alpha value is -3.23. The van der Waals surface area contributed by atoms with Crippen LogP contribution in [0.15, 0.2) is 36.4 Å². The highest BCUT2D eigenvalue weighted by Gasteiger charge is 2.35. The van der Waals surface area contributed by atoms with E-state index in [0.29, 0.717) is 29.4 Å². The SMILES string of the molecule is COC(=O)Cc1cc2nc(Nc3ccc(OC(F)(F)F)cc3)n([C@@H]3C[C@H](C)CC[C@H]3C(C)C)c2cc1C. The van der Waals surface area contributed by atoms with Crippen LogP contribution in [-0.2, 0) is 16.0 Å². The Balaban J connectivity index is 1.79. The van der Waals surface area contributed by atoms with Crippen LogP contribution in [0.25, 0.3) is 11.0 Å². The highest BCUT2D eigenvalue weighted by Crippen LogP contribution is 2.44. The number of imidazole rings is 1. The van der Waals surface area contributed by atoms with Gasteiger partial charge in [0.05, 0.1) is 24.6 Å². The summed E-state index contributed by atoms with van der Waals surface area (Å²) in [4.78, 5) is 16.9. The van der Waals surface area contributed by atoms with Crippen LogP contribution < -0.4 is 10.1 Å². The molecule has 1 saturated carbocycles. The number of benzene rings is 2. The molecule has 0 bridgehead atoms. The van der Waals surface area contributed by atoms with Crippen LogP contribution in [-0.4, -0.2) is 29.0 Å². The summed E-state index contributed by atoms with van der Waals surface area (Å²) in [7, 11) is 1.37. The molecule has 1 fully saturated rings. The van der Waals surface area contributed by atoms with Gasteiger partial charge in [-0.15, -0.1) is 13.2 Å². The third kappa shape index (κ3) is 6.19. The topological polar surface area (TPSA) is 65.4 Å². The number of fused-ring (bicyclic) bond motifs is 1. The number of ether oxygens (including phenoxy) is 2. The van der Waals surface area contributed by atoms with Gasteiger partial charge in [0.15, 0.2) is 0 Å². The fraction of sp³-hybridized carbons (Fsp3) is 0.500. The van der Waals surface area contributed by atoms with E-state index in [2.05, 4.69) is 41.5 Å². The number of halogens is 3. The maximum absolute atomic E-state index is 12.6. The standard InChI is InChI=1S/C28H34F3N3O3/c1-16(2)22-11-6-17(3)12-24(22)34-25-13-18(4)19(15-26(35)36-5)14-23(25)33-27(34)32-20-7-9-21(10-8-20)37-28(29,30)31/h7-10,13-14,16-17,22,24H,6,11-12,15H2,1-5H3,(H,32,33)/t17-,22+,24-/m1/s1. The van der Waals surface area contributed by atoms with Crippen molar-refractivity contribution in [2.24, 2.45) is 17.8 Å². The number of esters is 1. The molecule has 0 aliphatic heterocycles. The number of anilines is 2. The molecule has 2 aromatic carbocycles. The lowest BCUT2D eigenvalue weighted by Crippen LogP contribution is -2.30. The molecule has 6 nitrogen and oxygen atoms in total. The first-order valence-corrected chi connectivity index (χ1v) is 12.7. The molecule has 0 amide bonds. The lowest BCUT2D eigenvalue weighted by Gasteiger charge is -2.39. The molecule has 1 aliphatic carbocycles. The van der Waals surface area contributed by atoms with Crippen LogP contribution in [0.4, 0.5) is 24.8 Å². The van der Waals surface area contributed by atoms with Crippen LogP contribution in [0.5, 0.6) is 5.75 Å². The minimum absolute atomic E-state index is 0.156. The van der Waals surface area contributed by atoms with E-state index in [9.17, 15) is 18.0 Å². The molecule has 1 N–H and O–H groups in total. The number of hydrogen-bond donors (Lipinski definition) is 1. The fourth-order valence-electron chi connectivity index (χ4n) is 5.45. The van der Waals surface area contributed by atoms with Crippen LogP contribution in [0.2, 0.25) is 0 Å². The van der Waals surface area contributed by atoms with Gasteiger partial charge >= 0.3 is 12.3 Å². The average Bonchev–Trinajstić information content (AvgIpc) is 3.15. The molecule has 0 unspecified atom stereocenters. The van der Waals surface area contributed by atoms with E-state index in [-0.39, 0.29) is 24.2 Å². The highest BCUT2D eigenvalue weighted by atomic mass is 19.4. The number of hydrogen-bond acceptors (Lipinski definition) is 5. The van der Waals surface area contributed by atoms with Gasteiger partial charge in [-0.1, -0.05) is 27.2 Å². The predicted molar refractivity (Wildman–Crippen MR) is 137 cm³/mol. The Morgan fingerprint density at radius 3 is 2.51 bits per heavy atom. The van der Waals surface area contributed by atoms with Gasteiger partial charge in [-0.2, -0.15) is 0 Å². The first kappa shape index (κ1) is 26.8. The molecule has 9 heteroatoms. The van der Waals surface area contributed by atoms with E-state index in [1.165, 1.54) is 25.7 Å². The molecule has 0 radical (unpaired) electrons. The molecular formula is C28H34F3N3O3. The molecule has 1 aromatic heterocycles. The van der Waals surface area contributed by atoms with Crippen molar-refractivity contribution in [1.29, 1.82) is 0 Å². The largest absolute Gasteiger partial charge is 0.573 e. The van der Waals surface area contributed by atoms with Crippen molar-refractivity contribution < 1.29 is 27.4 Å². The first-order valence-electron chi connectivity index (χ1n) is 12.7. The summed E-state index contributed by atoms with van der Waals surface area (Å²) in [5.41, 5.74) is 4.15. The number of rotatable bonds is 7. The minimum atomic E-state index is -4.74. The van der Waals surface area contributed by atoms with Gasteiger partial charge in [-0.25, -0.2) is 4.98 Å². The lowest BCUT2D eigenvalue weighted by molar-refractivity contribution is -0.274. The zero-order chi connectivity index (χ0) is 26.9. The van der Waals surface area contributed by atoms with Gasteiger partial charge in [0, 0.05) is 11.7 Å². The average molecular weight is 518 g/mol. The molecule has 1 heterocycles. The van der Waals surface area contributed by atoms with Gasteiger partial charge in [-0.3, -0.25) is 4.79 Å². The van der Waals surface area contributed by atoms with E-state index in [1.807, 2.05) is 13.0 Å². The first-order chi connectivity index (χ1) is 17.4. The molecule has 3 aromatic rings. The second kappa shape index (κ2) is 10.6. The minimum Gasteiger partial charge on any atom is -0.469 e. The van der Waals surface area contributed by atoms with Crippen molar-refractivity contribution in [3.8, 4) is 5.75 Å². The fourth-order valence-corrected chi connectivity index (χ4v) is 5.45. The van der Waals surface area contributed by atoms with Gasteiger partial charge in [0.2, 0.25) is 5.95 Å². The number of methoxy groups -OCH3 is 1. The monoisotopic (exact) mass is 517 g/mol. The summed E-state index contributed by atoms with van der Waals surface area (Å²) < 4.78 is 48.9. The number of carbonyl (C=O) groups excluding carboxylic acids is 1. The highest BCUT2D eigenvalue weighted by molar-refractivity contribution is 5.83. The third-order valence-electron chi connectivity index (χ3n) is 7.37. The van der Waals surface area contributed by atoms with Crippen LogP contribution >= 0.6 is 0 Å². The lowest BCUT2D eigenvalue weighted by atomic mass is 9.74. The van der Waals surface area contributed by atoms with Crippen molar-refractivity contribution in [2.75, 3.05) is 12.4 Å². The summed E-state index contributed by atoms with van der Waals surface area (Å²) in [6, 6.07) is 9.85. The summed E-state index contributed by atoms with van der Waals surface area (Å²) >= 11 is 0. The summed E-state index contributed by atoms with van der Waals surface area (Å²) in [5, 5.41) is 3.34.